The third-order valence-corrected chi connectivity index (χ3v) is 3.64. The summed E-state index contributed by atoms with van der Waals surface area (Å²) in [4.78, 5) is 11.3. The zero-order valence-corrected chi connectivity index (χ0v) is 12.5. The number of carbonyl (C=O) groups is 1. The van der Waals surface area contributed by atoms with Gasteiger partial charge in [-0.25, -0.2) is 4.79 Å². The Balaban J connectivity index is 2.57. The lowest BCUT2D eigenvalue weighted by Gasteiger charge is -2.22. The Morgan fingerprint density at radius 2 is 1.80 bits per heavy atom. The number of benzene rings is 1. The number of fused-ring (bicyclic) bond motifs is 1. The first kappa shape index (κ1) is 19.3. The van der Waals surface area contributed by atoms with Gasteiger partial charge in [0, 0.05) is 0 Å². The molecule has 1 aliphatic heterocycles. The fourth-order valence-electron chi connectivity index (χ4n) is 2.49. The van der Waals surface area contributed by atoms with E-state index in [-0.39, 0.29) is 11.0 Å². The first-order valence-electron chi connectivity index (χ1n) is 6.84. The van der Waals surface area contributed by atoms with E-state index >= 15 is 0 Å². The summed E-state index contributed by atoms with van der Waals surface area (Å²) in [6.07, 6.45) is -13.6. The van der Waals surface area contributed by atoms with Crippen molar-refractivity contribution in [1.29, 1.82) is 0 Å². The number of allylic oxidation sites excluding steroid dienone is 1. The molecule has 0 saturated carbocycles. The number of hydrogen-bond donors (Lipinski definition) is 2. The van der Waals surface area contributed by atoms with Crippen LogP contribution in [-0.4, -0.2) is 35.6 Å². The molecule has 136 valence electrons. The lowest BCUT2D eigenvalue weighted by atomic mass is 9.78. The van der Waals surface area contributed by atoms with E-state index < -0.39 is 49.1 Å². The fraction of sp³-hybridized carbons (Fsp3) is 0.357. The van der Waals surface area contributed by atoms with Gasteiger partial charge in [0.05, 0.1) is 5.57 Å². The van der Waals surface area contributed by atoms with Crippen molar-refractivity contribution >= 4 is 18.6 Å². The van der Waals surface area contributed by atoms with Gasteiger partial charge in [0.25, 0.3) is 0 Å². The van der Waals surface area contributed by atoms with Crippen LogP contribution in [0.15, 0.2) is 29.8 Å². The van der Waals surface area contributed by atoms with Gasteiger partial charge in [-0.3, -0.25) is 0 Å². The van der Waals surface area contributed by atoms with Gasteiger partial charge < -0.3 is 14.8 Å². The number of hydrogen-bond acceptors (Lipinski definition) is 3. The predicted octanol–water partition coefficient (Wildman–Crippen LogP) is 2.51. The molecule has 1 aromatic rings. The molecule has 2 N–H and O–H groups in total. The number of alkyl halides is 6. The number of aliphatic carboxylic acids is 1. The molecule has 0 amide bonds. The summed E-state index contributed by atoms with van der Waals surface area (Å²) in [7, 11) is -1.65. The average molecular weight is 368 g/mol. The molecule has 0 aromatic heterocycles. The van der Waals surface area contributed by atoms with E-state index in [2.05, 4.69) is 0 Å². The van der Waals surface area contributed by atoms with E-state index in [1.54, 1.807) is 6.92 Å². The monoisotopic (exact) mass is 368 g/mol. The maximum atomic E-state index is 12.7. The van der Waals surface area contributed by atoms with Gasteiger partial charge in [-0.05, 0) is 17.9 Å². The SMILES string of the molecule is Cc1ccc2c(c1)C(C(=CC(C(F)(F)F)C(F)(F)F)C(=O)O)OB2O. The molecule has 0 saturated heterocycles. The molecule has 0 bridgehead atoms. The van der Waals surface area contributed by atoms with Gasteiger partial charge in [0.15, 0.2) is 5.92 Å². The van der Waals surface area contributed by atoms with Crippen LogP contribution in [0.2, 0.25) is 0 Å². The number of aryl methyl sites for hydroxylation is 1. The second-order valence-corrected chi connectivity index (χ2v) is 5.49. The average Bonchev–Trinajstić information content (AvgIpc) is 2.72. The fourth-order valence-corrected chi connectivity index (χ4v) is 2.49. The van der Waals surface area contributed by atoms with Crippen molar-refractivity contribution in [2.24, 2.45) is 5.92 Å². The minimum Gasteiger partial charge on any atom is -0.478 e. The maximum absolute atomic E-state index is 12.7. The Morgan fingerprint density at radius 1 is 1.24 bits per heavy atom. The van der Waals surface area contributed by atoms with Crippen LogP contribution in [0.3, 0.4) is 0 Å². The van der Waals surface area contributed by atoms with Gasteiger partial charge in [0.2, 0.25) is 0 Å². The minimum atomic E-state index is -5.73. The number of halogens is 6. The zero-order chi connectivity index (χ0) is 19.2. The Hall–Kier alpha value is -2.01. The van der Waals surface area contributed by atoms with E-state index in [0.29, 0.717) is 5.56 Å². The Kier molecular flexibility index (Phi) is 4.93. The molecule has 1 aliphatic rings. The van der Waals surface area contributed by atoms with Crippen LogP contribution in [0, 0.1) is 12.8 Å². The molecule has 25 heavy (non-hydrogen) atoms. The van der Waals surface area contributed by atoms with Crippen molar-refractivity contribution < 1.29 is 45.9 Å². The molecule has 1 atom stereocenters. The highest BCUT2D eigenvalue weighted by atomic mass is 19.4. The van der Waals surface area contributed by atoms with Crippen molar-refractivity contribution in [2.75, 3.05) is 0 Å². The molecule has 0 spiro atoms. The van der Waals surface area contributed by atoms with E-state index in [9.17, 15) is 36.2 Å². The van der Waals surface area contributed by atoms with Crippen molar-refractivity contribution in [2.45, 2.75) is 25.4 Å². The highest BCUT2D eigenvalue weighted by Crippen LogP contribution is 2.42. The van der Waals surface area contributed by atoms with Crippen LogP contribution < -0.4 is 5.46 Å². The summed E-state index contributed by atoms with van der Waals surface area (Å²) in [6.45, 7) is 1.58. The third-order valence-electron chi connectivity index (χ3n) is 3.64. The Labute approximate surface area is 137 Å². The number of carboxylic acid groups (broad SMARTS) is 1. The van der Waals surface area contributed by atoms with Crippen LogP contribution in [0.25, 0.3) is 0 Å². The first-order chi connectivity index (χ1) is 11.3. The van der Waals surface area contributed by atoms with Gasteiger partial charge >= 0.3 is 25.4 Å². The normalized spacial score (nSPS) is 18.7. The van der Waals surface area contributed by atoms with E-state index in [4.69, 9.17) is 9.76 Å². The quantitative estimate of drug-likeness (QED) is 0.489. The molecule has 0 radical (unpaired) electrons. The van der Waals surface area contributed by atoms with Crippen LogP contribution in [0.4, 0.5) is 26.3 Å². The number of carboxylic acids is 1. The number of rotatable bonds is 3. The molecule has 4 nitrogen and oxygen atoms in total. The highest BCUT2D eigenvalue weighted by Gasteiger charge is 2.56. The van der Waals surface area contributed by atoms with E-state index in [1.165, 1.54) is 18.2 Å². The standard InChI is InChI=1S/C14H11BF6O4/c1-6-2-3-9-7(4-6)11(25-15(9)24)8(12(22)23)5-10(13(16,17)18)14(19,20)21/h2-5,10-11,24H,1H3,(H,22,23). The van der Waals surface area contributed by atoms with Crippen molar-refractivity contribution in [1.82, 2.24) is 0 Å². The van der Waals surface area contributed by atoms with Gasteiger partial charge in [-0.2, -0.15) is 26.3 Å². The molecular weight excluding hydrogens is 357 g/mol. The summed E-state index contributed by atoms with van der Waals surface area (Å²) in [6, 6.07) is 4.23. The van der Waals surface area contributed by atoms with E-state index in [0.717, 1.165) is 0 Å². The molecule has 0 fully saturated rings. The van der Waals surface area contributed by atoms with Gasteiger partial charge in [0.1, 0.15) is 6.10 Å². The van der Waals surface area contributed by atoms with Gasteiger partial charge in [-0.1, -0.05) is 29.8 Å². The third kappa shape index (κ3) is 3.98. The van der Waals surface area contributed by atoms with Crippen LogP contribution in [0.5, 0.6) is 0 Å². The molecular formula is C14H11BF6O4. The Bertz CT molecular complexity index is 698. The largest absolute Gasteiger partial charge is 0.492 e. The highest BCUT2D eigenvalue weighted by molar-refractivity contribution is 6.61. The molecule has 2 rings (SSSR count). The van der Waals surface area contributed by atoms with Gasteiger partial charge in [-0.15, -0.1) is 0 Å². The van der Waals surface area contributed by atoms with Crippen molar-refractivity contribution in [3.63, 3.8) is 0 Å². The first-order valence-corrected chi connectivity index (χ1v) is 6.84. The second kappa shape index (κ2) is 6.38. The van der Waals surface area contributed by atoms with Crippen molar-refractivity contribution in [3.8, 4) is 0 Å². The molecule has 1 unspecified atom stereocenters. The zero-order valence-electron chi connectivity index (χ0n) is 12.5. The topological polar surface area (TPSA) is 66.8 Å². The molecule has 1 heterocycles. The Morgan fingerprint density at radius 3 is 2.28 bits per heavy atom. The van der Waals surface area contributed by atoms with Crippen LogP contribution >= 0.6 is 0 Å². The summed E-state index contributed by atoms with van der Waals surface area (Å²) in [5.74, 6) is -5.98. The summed E-state index contributed by atoms with van der Waals surface area (Å²) in [5, 5.41) is 18.9. The molecule has 1 aromatic carbocycles. The second-order valence-electron chi connectivity index (χ2n) is 5.49. The molecule has 11 heteroatoms. The molecule has 0 aliphatic carbocycles. The summed E-state index contributed by atoms with van der Waals surface area (Å²) in [5.41, 5.74) is -0.597. The van der Waals surface area contributed by atoms with Crippen LogP contribution in [-0.2, 0) is 9.45 Å². The minimum absolute atomic E-state index is 0.00393. The summed E-state index contributed by atoms with van der Waals surface area (Å²) >= 11 is 0. The lowest BCUT2D eigenvalue weighted by molar-refractivity contribution is -0.268. The van der Waals surface area contributed by atoms with Crippen molar-refractivity contribution in [3.05, 3.63) is 41.0 Å². The van der Waals surface area contributed by atoms with E-state index in [1.807, 2.05) is 0 Å². The predicted molar refractivity (Wildman–Crippen MR) is 73.9 cm³/mol. The lowest BCUT2D eigenvalue weighted by Crippen LogP contribution is -2.36. The summed E-state index contributed by atoms with van der Waals surface area (Å²) < 4.78 is 81.2. The maximum Gasteiger partial charge on any atom is 0.492 e. The smallest absolute Gasteiger partial charge is 0.478 e. The van der Waals surface area contributed by atoms with Crippen LogP contribution in [0.1, 0.15) is 17.2 Å².